The molecule has 0 aliphatic rings. The highest BCUT2D eigenvalue weighted by Gasteiger charge is 2.06. The average molecular weight is 211 g/mol. The Balaban J connectivity index is 2.84. The topological polar surface area (TPSA) is 49.3 Å². The maximum absolute atomic E-state index is 13.0. The number of carboxylic acid groups (broad SMARTS) is 1. The van der Waals surface area contributed by atoms with Gasteiger partial charge in [0.05, 0.1) is 5.56 Å². The van der Waals surface area contributed by atoms with E-state index in [0.29, 0.717) is 18.2 Å². The van der Waals surface area contributed by atoms with E-state index in [0.717, 1.165) is 6.07 Å². The van der Waals surface area contributed by atoms with E-state index in [2.05, 4.69) is 5.32 Å². The van der Waals surface area contributed by atoms with Gasteiger partial charge in [-0.05, 0) is 24.1 Å². The molecule has 0 heterocycles. The van der Waals surface area contributed by atoms with Crippen molar-refractivity contribution in [2.45, 2.75) is 13.8 Å². The minimum absolute atomic E-state index is 0.0405. The third-order valence-electron chi connectivity index (χ3n) is 1.86. The number of benzene rings is 1. The largest absolute Gasteiger partial charge is 0.478 e. The average Bonchev–Trinajstić information content (AvgIpc) is 2.13. The Hall–Kier alpha value is -1.58. The Labute approximate surface area is 87.9 Å². The lowest BCUT2D eigenvalue weighted by Gasteiger charge is -2.09. The first-order chi connectivity index (χ1) is 6.99. The predicted molar refractivity (Wildman–Crippen MR) is 56.7 cm³/mol. The zero-order chi connectivity index (χ0) is 11.4. The SMILES string of the molecule is CC(C)CNc1cc(F)cc(C(=O)O)c1. The number of rotatable bonds is 4. The number of nitrogens with one attached hydrogen (secondary N) is 1. The highest BCUT2D eigenvalue weighted by atomic mass is 19.1. The van der Waals surface area contributed by atoms with Crippen molar-refractivity contribution >= 4 is 11.7 Å². The van der Waals surface area contributed by atoms with Crippen molar-refractivity contribution < 1.29 is 14.3 Å². The number of carboxylic acids is 1. The number of carbonyl (C=O) groups is 1. The lowest BCUT2D eigenvalue weighted by atomic mass is 10.1. The summed E-state index contributed by atoms with van der Waals surface area (Å²) in [5, 5.41) is 11.7. The molecular weight excluding hydrogens is 197 g/mol. The van der Waals surface area contributed by atoms with Crippen LogP contribution in [0.15, 0.2) is 18.2 Å². The van der Waals surface area contributed by atoms with Crippen molar-refractivity contribution in [3.63, 3.8) is 0 Å². The molecule has 2 N–H and O–H groups in total. The van der Waals surface area contributed by atoms with Crippen LogP contribution in [-0.2, 0) is 0 Å². The molecule has 0 saturated carbocycles. The Morgan fingerprint density at radius 1 is 1.47 bits per heavy atom. The molecule has 1 aromatic rings. The van der Waals surface area contributed by atoms with Crippen LogP contribution in [0.5, 0.6) is 0 Å². The summed E-state index contributed by atoms with van der Waals surface area (Å²) in [6, 6.07) is 3.71. The molecule has 0 bridgehead atoms. The number of hydrogen-bond donors (Lipinski definition) is 2. The van der Waals surface area contributed by atoms with Crippen LogP contribution in [0.4, 0.5) is 10.1 Å². The van der Waals surface area contributed by atoms with Gasteiger partial charge >= 0.3 is 5.97 Å². The summed E-state index contributed by atoms with van der Waals surface area (Å²) in [5.41, 5.74) is 0.461. The van der Waals surface area contributed by atoms with Crippen molar-refractivity contribution in [3.8, 4) is 0 Å². The van der Waals surface area contributed by atoms with Gasteiger partial charge in [0.1, 0.15) is 5.82 Å². The zero-order valence-corrected chi connectivity index (χ0v) is 8.75. The molecule has 15 heavy (non-hydrogen) atoms. The molecule has 0 aromatic heterocycles. The van der Waals surface area contributed by atoms with Gasteiger partial charge in [0, 0.05) is 12.2 Å². The molecule has 0 unspecified atom stereocenters. The maximum atomic E-state index is 13.0. The van der Waals surface area contributed by atoms with Crippen LogP contribution in [0.1, 0.15) is 24.2 Å². The van der Waals surface area contributed by atoms with Crippen LogP contribution in [0, 0.1) is 11.7 Å². The molecular formula is C11H14FNO2. The van der Waals surface area contributed by atoms with E-state index in [1.54, 1.807) is 0 Å². The van der Waals surface area contributed by atoms with Gasteiger partial charge in [-0.1, -0.05) is 13.8 Å². The molecule has 1 aromatic carbocycles. The van der Waals surface area contributed by atoms with E-state index in [9.17, 15) is 9.18 Å². The van der Waals surface area contributed by atoms with Crippen LogP contribution in [0.2, 0.25) is 0 Å². The van der Waals surface area contributed by atoms with Gasteiger partial charge in [-0.15, -0.1) is 0 Å². The van der Waals surface area contributed by atoms with Crippen LogP contribution in [-0.4, -0.2) is 17.6 Å². The zero-order valence-electron chi connectivity index (χ0n) is 8.75. The number of anilines is 1. The van der Waals surface area contributed by atoms with E-state index in [-0.39, 0.29) is 5.56 Å². The lowest BCUT2D eigenvalue weighted by molar-refractivity contribution is 0.0696. The van der Waals surface area contributed by atoms with Gasteiger partial charge in [-0.25, -0.2) is 9.18 Å². The fourth-order valence-electron chi connectivity index (χ4n) is 1.14. The first kappa shape index (κ1) is 11.5. The summed E-state index contributed by atoms with van der Waals surface area (Å²) >= 11 is 0. The van der Waals surface area contributed by atoms with Gasteiger partial charge < -0.3 is 10.4 Å². The lowest BCUT2D eigenvalue weighted by Crippen LogP contribution is -2.09. The summed E-state index contributed by atoms with van der Waals surface area (Å²) in [5.74, 6) is -1.25. The molecule has 0 atom stereocenters. The summed E-state index contributed by atoms with van der Waals surface area (Å²) in [7, 11) is 0. The van der Waals surface area contributed by atoms with Crippen molar-refractivity contribution in [2.24, 2.45) is 5.92 Å². The van der Waals surface area contributed by atoms with Crippen molar-refractivity contribution in [3.05, 3.63) is 29.6 Å². The molecule has 82 valence electrons. The van der Waals surface area contributed by atoms with Crippen molar-refractivity contribution in [1.29, 1.82) is 0 Å². The number of halogens is 1. The minimum Gasteiger partial charge on any atom is -0.478 e. The minimum atomic E-state index is -1.12. The summed E-state index contributed by atoms with van der Waals surface area (Å²) in [6.45, 7) is 4.72. The van der Waals surface area contributed by atoms with E-state index in [4.69, 9.17) is 5.11 Å². The molecule has 0 saturated heterocycles. The predicted octanol–water partition coefficient (Wildman–Crippen LogP) is 2.59. The van der Waals surface area contributed by atoms with Gasteiger partial charge in [-0.3, -0.25) is 0 Å². The van der Waals surface area contributed by atoms with Crippen LogP contribution < -0.4 is 5.32 Å². The Morgan fingerprint density at radius 3 is 2.67 bits per heavy atom. The van der Waals surface area contributed by atoms with Crippen LogP contribution in [0.3, 0.4) is 0 Å². The molecule has 0 aliphatic carbocycles. The van der Waals surface area contributed by atoms with Crippen LogP contribution in [0.25, 0.3) is 0 Å². The van der Waals surface area contributed by atoms with Crippen molar-refractivity contribution in [1.82, 2.24) is 0 Å². The number of hydrogen-bond acceptors (Lipinski definition) is 2. The molecule has 0 fully saturated rings. The van der Waals surface area contributed by atoms with Crippen molar-refractivity contribution in [2.75, 3.05) is 11.9 Å². The highest BCUT2D eigenvalue weighted by molar-refractivity contribution is 5.88. The van der Waals surface area contributed by atoms with Gasteiger partial charge in [-0.2, -0.15) is 0 Å². The number of aromatic carboxylic acids is 1. The molecule has 0 radical (unpaired) electrons. The second-order valence-corrected chi connectivity index (χ2v) is 3.81. The quantitative estimate of drug-likeness (QED) is 0.804. The fourth-order valence-corrected chi connectivity index (χ4v) is 1.14. The smallest absolute Gasteiger partial charge is 0.335 e. The summed E-state index contributed by atoms with van der Waals surface area (Å²) in [4.78, 5) is 10.6. The second kappa shape index (κ2) is 4.77. The summed E-state index contributed by atoms with van der Waals surface area (Å²) in [6.07, 6.45) is 0. The van der Waals surface area contributed by atoms with E-state index < -0.39 is 11.8 Å². The Bertz CT molecular complexity index is 364. The monoisotopic (exact) mass is 211 g/mol. The normalized spacial score (nSPS) is 10.4. The second-order valence-electron chi connectivity index (χ2n) is 3.81. The third-order valence-corrected chi connectivity index (χ3v) is 1.86. The third kappa shape index (κ3) is 3.58. The van der Waals surface area contributed by atoms with Crippen LogP contribution >= 0.6 is 0 Å². The molecule has 0 spiro atoms. The van der Waals surface area contributed by atoms with Gasteiger partial charge in [0.2, 0.25) is 0 Å². The molecule has 0 aliphatic heterocycles. The van der Waals surface area contributed by atoms with Gasteiger partial charge in [0.25, 0.3) is 0 Å². The fraction of sp³-hybridized carbons (Fsp3) is 0.364. The standard InChI is InChI=1S/C11H14FNO2/c1-7(2)6-13-10-4-8(11(14)15)3-9(12)5-10/h3-5,7,13H,6H2,1-2H3,(H,14,15). The van der Waals surface area contributed by atoms with Gasteiger partial charge in [0.15, 0.2) is 0 Å². The molecule has 0 amide bonds. The molecule has 4 heteroatoms. The summed E-state index contributed by atoms with van der Waals surface area (Å²) < 4.78 is 13.0. The first-order valence-electron chi connectivity index (χ1n) is 4.77. The Morgan fingerprint density at radius 2 is 2.13 bits per heavy atom. The van der Waals surface area contributed by atoms with E-state index in [1.807, 2.05) is 13.8 Å². The Kier molecular flexibility index (Phi) is 3.66. The van der Waals surface area contributed by atoms with E-state index >= 15 is 0 Å². The van der Waals surface area contributed by atoms with E-state index in [1.165, 1.54) is 12.1 Å². The highest BCUT2D eigenvalue weighted by Crippen LogP contribution is 2.14. The maximum Gasteiger partial charge on any atom is 0.335 e. The molecule has 3 nitrogen and oxygen atoms in total. The molecule has 1 rings (SSSR count). The first-order valence-corrected chi connectivity index (χ1v) is 4.77.